The average molecular weight is 353 g/mol. The number of nitrogens with one attached hydrogen (secondary N) is 2. The van der Waals surface area contributed by atoms with E-state index in [-0.39, 0.29) is 11.6 Å². The van der Waals surface area contributed by atoms with Crippen LogP contribution in [0.4, 0.5) is 4.79 Å². The number of benzene rings is 1. The number of amides is 3. The van der Waals surface area contributed by atoms with E-state index < -0.39 is 24.0 Å². The van der Waals surface area contributed by atoms with Crippen LogP contribution in [0.25, 0.3) is 0 Å². The van der Waals surface area contributed by atoms with Crippen LogP contribution < -0.4 is 10.6 Å². The zero-order valence-corrected chi connectivity index (χ0v) is 14.3. The van der Waals surface area contributed by atoms with Crippen LogP contribution in [-0.4, -0.2) is 30.1 Å². The summed E-state index contributed by atoms with van der Waals surface area (Å²) in [7, 11) is 0. The first-order chi connectivity index (χ1) is 11.5. The molecule has 7 heteroatoms. The van der Waals surface area contributed by atoms with Crippen LogP contribution in [-0.2, 0) is 9.53 Å². The van der Waals surface area contributed by atoms with Crippen molar-refractivity contribution in [3.63, 3.8) is 0 Å². The fraction of sp³-hybridized carbons (Fsp3) is 0.471. The van der Waals surface area contributed by atoms with Crippen LogP contribution in [0.3, 0.4) is 0 Å². The summed E-state index contributed by atoms with van der Waals surface area (Å²) in [6, 6.07) is 5.76. The molecule has 0 spiro atoms. The molecule has 1 atom stereocenters. The van der Waals surface area contributed by atoms with Crippen LogP contribution >= 0.6 is 11.6 Å². The van der Waals surface area contributed by atoms with E-state index in [4.69, 9.17) is 16.3 Å². The fourth-order valence-corrected chi connectivity index (χ4v) is 2.77. The van der Waals surface area contributed by atoms with E-state index in [2.05, 4.69) is 10.6 Å². The Hall–Kier alpha value is -2.08. The first kappa shape index (κ1) is 18.3. The average Bonchev–Trinajstić information content (AvgIpc) is 2.55. The van der Waals surface area contributed by atoms with Gasteiger partial charge in [-0.3, -0.25) is 10.1 Å². The smallest absolute Gasteiger partial charge is 0.338 e. The summed E-state index contributed by atoms with van der Waals surface area (Å²) in [5.41, 5.74) is 0.244. The maximum absolute atomic E-state index is 12.0. The second-order valence-electron chi connectivity index (χ2n) is 5.86. The molecule has 0 aliphatic heterocycles. The molecule has 1 aliphatic carbocycles. The summed E-state index contributed by atoms with van der Waals surface area (Å²) in [4.78, 5) is 35.7. The van der Waals surface area contributed by atoms with Gasteiger partial charge in [0.25, 0.3) is 5.91 Å². The van der Waals surface area contributed by atoms with Crippen molar-refractivity contribution < 1.29 is 19.1 Å². The van der Waals surface area contributed by atoms with Crippen LogP contribution in [0.5, 0.6) is 0 Å². The van der Waals surface area contributed by atoms with Gasteiger partial charge in [-0.05, 0) is 38.0 Å². The van der Waals surface area contributed by atoms with Crippen LogP contribution in [0.1, 0.15) is 49.4 Å². The summed E-state index contributed by atoms with van der Waals surface area (Å²) >= 11 is 5.81. The molecular formula is C17H21ClN2O4. The number of esters is 1. The van der Waals surface area contributed by atoms with E-state index in [1.165, 1.54) is 25.5 Å². The van der Waals surface area contributed by atoms with Crippen LogP contribution in [0.2, 0.25) is 5.02 Å². The third kappa shape index (κ3) is 5.53. The number of imide groups is 1. The van der Waals surface area contributed by atoms with Crippen molar-refractivity contribution in [2.24, 2.45) is 0 Å². The molecule has 6 nitrogen and oxygen atoms in total. The third-order valence-electron chi connectivity index (χ3n) is 3.89. The third-order valence-corrected chi connectivity index (χ3v) is 4.13. The van der Waals surface area contributed by atoms with Gasteiger partial charge in [-0.25, -0.2) is 9.59 Å². The Morgan fingerprint density at radius 3 is 2.58 bits per heavy atom. The molecule has 1 aromatic rings. The summed E-state index contributed by atoms with van der Waals surface area (Å²) in [6.07, 6.45) is 4.07. The van der Waals surface area contributed by atoms with Crippen molar-refractivity contribution in [2.45, 2.75) is 51.2 Å². The molecule has 0 bridgehead atoms. The molecule has 24 heavy (non-hydrogen) atoms. The number of hydrogen-bond donors (Lipinski definition) is 2. The highest BCUT2D eigenvalue weighted by Crippen LogP contribution is 2.17. The predicted octanol–water partition coefficient (Wildman–Crippen LogP) is 3.04. The van der Waals surface area contributed by atoms with Gasteiger partial charge < -0.3 is 10.1 Å². The second kappa shape index (κ2) is 8.68. The molecule has 0 radical (unpaired) electrons. The zero-order chi connectivity index (χ0) is 17.5. The predicted molar refractivity (Wildman–Crippen MR) is 89.9 cm³/mol. The Bertz CT molecular complexity index is 614. The SMILES string of the molecule is CC(OC(=O)c1cccc(Cl)c1)C(=O)NC(=O)NC1CCCCC1. The first-order valence-corrected chi connectivity index (χ1v) is 8.41. The number of ether oxygens (including phenoxy) is 1. The Labute approximate surface area is 145 Å². The second-order valence-corrected chi connectivity index (χ2v) is 6.29. The number of carbonyl (C=O) groups is 3. The Balaban J connectivity index is 1.80. The van der Waals surface area contributed by atoms with E-state index in [1.807, 2.05) is 0 Å². The number of rotatable bonds is 4. The lowest BCUT2D eigenvalue weighted by atomic mass is 9.96. The lowest BCUT2D eigenvalue weighted by Crippen LogP contribution is -2.48. The lowest BCUT2D eigenvalue weighted by Gasteiger charge is -2.23. The van der Waals surface area contributed by atoms with Gasteiger partial charge in [0.15, 0.2) is 6.10 Å². The minimum Gasteiger partial charge on any atom is -0.449 e. The van der Waals surface area contributed by atoms with E-state index in [0.29, 0.717) is 5.02 Å². The minimum absolute atomic E-state index is 0.0934. The van der Waals surface area contributed by atoms with Crippen molar-refractivity contribution in [3.05, 3.63) is 34.9 Å². The van der Waals surface area contributed by atoms with Gasteiger partial charge in [-0.2, -0.15) is 0 Å². The van der Waals surface area contributed by atoms with Gasteiger partial charge in [-0.15, -0.1) is 0 Å². The van der Waals surface area contributed by atoms with Gasteiger partial charge in [0.1, 0.15) is 0 Å². The molecule has 1 aromatic carbocycles. The molecule has 1 fully saturated rings. The highest BCUT2D eigenvalue weighted by atomic mass is 35.5. The fourth-order valence-electron chi connectivity index (χ4n) is 2.58. The Morgan fingerprint density at radius 2 is 1.92 bits per heavy atom. The van der Waals surface area contributed by atoms with Crippen molar-refractivity contribution in [1.82, 2.24) is 10.6 Å². The summed E-state index contributed by atoms with van der Waals surface area (Å²) < 4.78 is 5.05. The maximum atomic E-state index is 12.0. The molecule has 1 saturated carbocycles. The minimum atomic E-state index is -1.09. The first-order valence-electron chi connectivity index (χ1n) is 8.03. The molecule has 1 unspecified atom stereocenters. The Kier molecular flexibility index (Phi) is 6.61. The standard InChI is InChI=1S/C17H21ClN2O4/c1-11(24-16(22)12-6-5-7-13(18)10-12)15(21)20-17(23)19-14-8-3-2-4-9-14/h5-7,10-11,14H,2-4,8-9H2,1H3,(H2,19,20,21,23). The molecule has 3 amide bonds. The van der Waals surface area contributed by atoms with Gasteiger partial charge >= 0.3 is 12.0 Å². The molecular weight excluding hydrogens is 332 g/mol. The quantitative estimate of drug-likeness (QED) is 0.816. The van der Waals surface area contributed by atoms with Crippen molar-refractivity contribution in [3.8, 4) is 0 Å². The number of urea groups is 1. The summed E-state index contributed by atoms with van der Waals surface area (Å²) in [6.45, 7) is 1.41. The van der Waals surface area contributed by atoms with Gasteiger partial charge in [-0.1, -0.05) is 36.9 Å². The van der Waals surface area contributed by atoms with E-state index >= 15 is 0 Å². The van der Waals surface area contributed by atoms with E-state index in [1.54, 1.807) is 12.1 Å². The monoisotopic (exact) mass is 352 g/mol. The van der Waals surface area contributed by atoms with Crippen LogP contribution in [0.15, 0.2) is 24.3 Å². The summed E-state index contributed by atoms with van der Waals surface area (Å²) in [5.74, 6) is -1.34. The molecule has 0 saturated heterocycles. The van der Waals surface area contributed by atoms with Crippen molar-refractivity contribution >= 4 is 29.5 Å². The van der Waals surface area contributed by atoms with Gasteiger partial charge in [0.05, 0.1) is 5.56 Å². The largest absolute Gasteiger partial charge is 0.449 e. The topological polar surface area (TPSA) is 84.5 Å². The molecule has 0 aromatic heterocycles. The van der Waals surface area contributed by atoms with Gasteiger partial charge in [0.2, 0.25) is 0 Å². The van der Waals surface area contributed by atoms with E-state index in [0.717, 1.165) is 25.7 Å². The molecule has 130 valence electrons. The molecule has 1 aliphatic rings. The highest BCUT2D eigenvalue weighted by Gasteiger charge is 2.22. The number of carbonyl (C=O) groups excluding carboxylic acids is 3. The van der Waals surface area contributed by atoms with Crippen LogP contribution in [0, 0.1) is 0 Å². The lowest BCUT2D eigenvalue weighted by molar-refractivity contribution is -0.127. The molecule has 0 heterocycles. The summed E-state index contributed by atoms with van der Waals surface area (Å²) in [5, 5.41) is 5.37. The molecule has 2 rings (SSSR count). The van der Waals surface area contributed by atoms with Crippen molar-refractivity contribution in [2.75, 3.05) is 0 Å². The van der Waals surface area contributed by atoms with E-state index in [9.17, 15) is 14.4 Å². The Morgan fingerprint density at radius 1 is 1.21 bits per heavy atom. The zero-order valence-electron chi connectivity index (χ0n) is 13.5. The highest BCUT2D eigenvalue weighted by molar-refractivity contribution is 6.30. The number of hydrogen-bond acceptors (Lipinski definition) is 4. The van der Waals surface area contributed by atoms with Gasteiger partial charge in [0, 0.05) is 11.1 Å². The number of halogens is 1. The van der Waals surface area contributed by atoms with Crippen molar-refractivity contribution in [1.29, 1.82) is 0 Å². The normalized spacial score (nSPS) is 16.1. The maximum Gasteiger partial charge on any atom is 0.338 e. The molecule has 2 N–H and O–H groups in total.